The molecular weight excluding hydrogens is 429 g/mol. The first-order valence-corrected chi connectivity index (χ1v) is 10.9. The Morgan fingerprint density at radius 2 is 1.97 bits per heavy atom. The number of hydrogen-bond acceptors (Lipinski definition) is 5. The summed E-state index contributed by atoms with van der Waals surface area (Å²) in [6.07, 6.45) is 2.18. The molecule has 1 aliphatic heterocycles. The summed E-state index contributed by atoms with van der Waals surface area (Å²) < 4.78 is 19.6. The van der Waals surface area contributed by atoms with Gasteiger partial charge in [-0.1, -0.05) is 31.0 Å². The number of aryl methyl sites for hydroxylation is 1. The number of urea groups is 1. The molecule has 0 radical (unpaired) electrons. The lowest BCUT2D eigenvalue weighted by Gasteiger charge is -2.25. The van der Waals surface area contributed by atoms with Crippen LogP contribution in [0.1, 0.15) is 36.4 Å². The monoisotopic (exact) mass is 455 g/mol. The van der Waals surface area contributed by atoms with Gasteiger partial charge in [-0.2, -0.15) is 0 Å². The number of ether oxygens (including phenoxy) is 1. The molecule has 2 aromatic carbocycles. The first kappa shape index (κ1) is 22.7. The standard InChI is InChI=1S/C24H26FN3O5/c1-14-2-9-19(18(25)12-14)26-22(30)20(13-15-3-4-15)28-23(31)21(27-24(28)32)16-5-7-17(8-6-16)33-11-10-29/h2,5-9,12,15,20-21,29H,3-4,10-11,13H2,1H3,(H,26,30)(H,27,32)/t20?,21-/m1/s1. The van der Waals surface area contributed by atoms with Crippen molar-refractivity contribution in [3.8, 4) is 5.75 Å². The number of imide groups is 1. The van der Waals surface area contributed by atoms with Gasteiger partial charge in [-0.05, 0) is 54.7 Å². The van der Waals surface area contributed by atoms with Gasteiger partial charge in [0.15, 0.2) is 0 Å². The second-order valence-electron chi connectivity index (χ2n) is 8.40. The molecule has 0 bridgehead atoms. The molecule has 9 heteroatoms. The molecule has 0 spiro atoms. The minimum atomic E-state index is -1.04. The van der Waals surface area contributed by atoms with Crippen molar-refractivity contribution < 1.29 is 28.6 Å². The molecule has 174 valence electrons. The SMILES string of the molecule is Cc1ccc(NC(=O)C(CC2CC2)N2C(=O)N[C@H](c3ccc(OCCO)cc3)C2=O)c(F)c1. The van der Waals surface area contributed by atoms with Gasteiger partial charge in [0.1, 0.15) is 30.3 Å². The van der Waals surface area contributed by atoms with E-state index >= 15 is 0 Å². The van der Waals surface area contributed by atoms with Gasteiger partial charge in [-0.25, -0.2) is 14.1 Å². The first-order valence-electron chi connectivity index (χ1n) is 10.9. The lowest BCUT2D eigenvalue weighted by Crippen LogP contribution is -2.48. The van der Waals surface area contributed by atoms with Gasteiger partial charge in [0.25, 0.3) is 5.91 Å². The molecule has 3 N–H and O–H groups in total. The predicted octanol–water partition coefficient (Wildman–Crippen LogP) is 2.91. The number of nitrogens with zero attached hydrogens (tertiary/aromatic N) is 1. The maximum Gasteiger partial charge on any atom is 0.325 e. The van der Waals surface area contributed by atoms with E-state index in [4.69, 9.17) is 9.84 Å². The number of aliphatic hydroxyl groups excluding tert-OH is 1. The van der Waals surface area contributed by atoms with Crippen LogP contribution in [0, 0.1) is 18.7 Å². The number of carbonyl (C=O) groups excluding carboxylic acids is 3. The Kier molecular flexibility index (Phi) is 6.60. The van der Waals surface area contributed by atoms with Crippen molar-refractivity contribution in [3.63, 3.8) is 0 Å². The number of rotatable bonds is 9. The molecule has 2 aliphatic rings. The largest absolute Gasteiger partial charge is 0.491 e. The highest BCUT2D eigenvalue weighted by molar-refractivity contribution is 6.09. The second kappa shape index (κ2) is 9.58. The zero-order valence-corrected chi connectivity index (χ0v) is 18.2. The molecule has 0 aromatic heterocycles. The zero-order valence-electron chi connectivity index (χ0n) is 18.2. The van der Waals surface area contributed by atoms with Crippen LogP contribution in [0.5, 0.6) is 5.75 Å². The number of anilines is 1. The summed E-state index contributed by atoms with van der Waals surface area (Å²) in [5.74, 6) is -0.943. The average Bonchev–Trinajstić information content (AvgIpc) is 3.57. The van der Waals surface area contributed by atoms with Crippen LogP contribution in [0.3, 0.4) is 0 Å². The Hall–Kier alpha value is -3.46. The summed E-state index contributed by atoms with van der Waals surface area (Å²) in [6.45, 7) is 1.76. The molecule has 1 heterocycles. The van der Waals surface area contributed by atoms with Crippen molar-refractivity contribution in [2.24, 2.45) is 5.92 Å². The van der Waals surface area contributed by atoms with Crippen LogP contribution < -0.4 is 15.4 Å². The lowest BCUT2D eigenvalue weighted by atomic mass is 10.0. The Morgan fingerprint density at radius 1 is 1.24 bits per heavy atom. The fourth-order valence-electron chi connectivity index (χ4n) is 3.87. The van der Waals surface area contributed by atoms with Crippen molar-refractivity contribution in [3.05, 3.63) is 59.4 Å². The minimum Gasteiger partial charge on any atom is -0.491 e. The van der Waals surface area contributed by atoms with Crippen LogP contribution in [-0.4, -0.2) is 47.1 Å². The fraction of sp³-hybridized carbons (Fsp3) is 0.375. The first-order chi connectivity index (χ1) is 15.9. The van der Waals surface area contributed by atoms with Gasteiger partial charge in [0.05, 0.1) is 12.3 Å². The smallest absolute Gasteiger partial charge is 0.325 e. The topological polar surface area (TPSA) is 108 Å². The molecule has 1 unspecified atom stereocenters. The normalized spacial score (nSPS) is 18.8. The summed E-state index contributed by atoms with van der Waals surface area (Å²) in [5, 5.41) is 14.0. The number of benzene rings is 2. The number of halogens is 1. The third kappa shape index (κ3) is 5.14. The Balaban J connectivity index is 1.52. The summed E-state index contributed by atoms with van der Waals surface area (Å²) >= 11 is 0. The third-order valence-corrected chi connectivity index (χ3v) is 5.79. The van der Waals surface area contributed by atoms with E-state index in [-0.39, 0.29) is 24.8 Å². The van der Waals surface area contributed by atoms with Crippen LogP contribution in [0.25, 0.3) is 0 Å². The van der Waals surface area contributed by atoms with Gasteiger partial charge < -0.3 is 20.5 Å². The number of nitrogens with one attached hydrogen (secondary N) is 2. The average molecular weight is 455 g/mol. The Bertz CT molecular complexity index is 1050. The van der Waals surface area contributed by atoms with Crippen molar-refractivity contribution in [2.45, 2.75) is 38.3 Å². The molecule has 1 saturated carbocycles. The van der Waals surface area contributed by atoms with Gasteiger partial charge in [0, 0.05) is 0 Å². The maximum absolute atomic E-state index is 14.3. The Morgan fingerprint density at radius 3 is 2.61 bits per heavy atom. The predicted molar refractivity (Wildman–Crippen MR) is 118 cm³/mol. The maximum atomic E-state index is 14.3. The molecular formula is C24H26FN3O5. The summed E-state index contributed by atoms with van der Waals surface area (Å²) in [4.78, 5) is 40.0. The highest BCUT2D eigenvalue weighted by Gasteiger charge is 2.46. The van der Waals surface area contributed by atoms with E-state index < -0.39 is 35.7 Å². The fourth-order valence-corrected chi connectivity index (χ4v) is 3.87. The number of hydrogen-bond donors (Lipinski definition) is 3. The molecule has 1 aliphatic carbocycles. The number of amides is 4. The number of aliphatic hydroxyl groups is 1. The van der Waals surface area contributed by atoms with E-state index in [1.165, 1.54) is 12.1 Å². The van der Waals surface area contributed by atoms with Crippen LogP contribution in [-0.2, 0) is 9.59 Å². The second-order valence-corrected chi connectivity index (χ2v) is 8.40. The van der Waals surface area contributed by atoms with Crippen molar-refractivity contribution in [2.75, 3.05) is 18.5 Å². The highest BCUT2D eigenvalue weighted by Crippen LogP contribution is 2.37. The molecule has 2 atom stereocenters. The van der Waals surface area contributed by atoms with E-state index in [0.29, 0.717) is 23.3 Å². The van der Waals surface area contributed by atoms with E-state index in [2.05, 4.69) is 10.6 Å². The van der Waals surface area contributed by atoms with Gasteiger partial charge in [-0.15, -0.1) is 0 Å². The van der Waals surface area contributed by atoms with E-state index in [1.807, 2.05) is 0 Å². The molecule has 4 amide bonds. The molecule has 2 aromatic rings. The van der Waals surface area contributed by atoms with Gasteiger partial charge in [0.2, 0.25) is 5.91 Å². The zero-order chi connectivity index (χ0) is 23.5. The van der Waals surface area contributed by atoms with Gasteiger partial charge in [-0.3, -0.25) is 9.59 Å². The van der Waals surface area contributed by atoms with Crippen LogP contribution in [0.4, 0.5) is 14.9 Å². The van der Waals surface area contributed by atoms with E-state index in [1.54, 1.807) is 37.3 Å². The highest BCUT2D eigenvalue weighted by atomic mass is 19.1. The van der Waals surface area contributed by atoms with Crippen LogP contribution in [0.15, 0.2) is 42.5 Å². The summed E-state index contributed by atoms with van der Waals surface area (Å²) in [6, 6.07) is 8.39. The van der Waals surface area contributed by atoms with Crippen LogP contribution in [0.2, 0.25) is 0 Å². The minimum absolute atomic E-state index is 0.00784. The molecule has 8 nitrogen and oxygen atoms in total. The quantitative estimate of drug-likeness (QED) is 0.504. The van der Waals surface area contributed by atoms with E-state index in [0.717, 1.165) is 17.7 Å². The van der Waals surface area contributed by atoms with E-state index in [9.17, 15) is 18.8 Å². The van der Waals surface area contributed by atoms with Crippen molar-refractivity contribution in [1.82, 2.24) is 10.2 Å². The summed E-state index contributed by atoms with van der Waals surface area (Å²) in [7, 11) is 0. The summed E-state index contributed by atoms with van der Waals surface area (Å²) in [5.41, 5.74) is 1.26. The molecule has 2 fully saturated rings. The third-order valence-electron chi connectivity index (χ3n) is 5.79. The Labute approximate surface area is 190 Å². The molecule has 33 heavy (non-hydrogen) atoms. The van der Waals surface area contributed by atoms with Crippen molar-refractivity contribution >= 4 is 23.5 Å². The van der Waals surface area contributed by atoms with Crippen molar-refractivity contribution in [1.29, 1.82) is 0 Å². The lowest BCUT2D eigenvalue weighted by molar-refractivity contribution is -0.134. The van der Waals surface area contributed by atoms with Crippen LogP contribution >= 0.6 is 0 Å². The number of carbonyl (C=O) groups is 3. The van der Waals surface area contributed by atoms with Gasteiger partial charge >= 0.3 is 6.03 Å². The molecule has 4 rings (SSSR count). The molecule has 1 saturated heterocycles.